The number of aromatic nitrogens is 1. The van der Waals surface area contributed by atoms with Crippen molar-refractivity contribution in [3.05, 3.63) is 41.0 Å². The van der Waals surface area contributed by atoms with Crippen LogP contribution in [-0.4, -0.2) is 37.1 Å². The molecule has 3 rings (SSSR count). The highest BCUT2D eigenvalue weighted by Gasteiger charge is 2.29. The molecule has 124 valence electrons. The van der Waals surface area contributed by atoms with Crippen LogP contribution >= 0.6 is 15.9 Å². The van der Waals surface area contributed by atoms with Crippen LogP contribution in [0.1, 0.15) is 0 Å². The number of anilines is 2. The van der Waals surface area contributed by atoms with Gasteiger partial charge in [-0.3, -0.25) is 14.5 Å². The molecule has 1 aromatic heterocycles. The molecular weight excluding hydrogens is 378 g/mol. The second-order valence-corrected chi connectivity index (χ2v) is 5.79. The Hall–Kier alpha value is -2.61. The third-order valence-corrected chi connectivity index (χ3v) is 3.84. The summed E-state index contributed by atoms with van der Waals surface area (Å²) < 4.78 is 11.1. The van der Waals surface area contributed by atoms with Gasteiger partial charge in [-0.05, 0) is 40.2 Å². The molecule has 24 heavy (non-hydrogen) atoms. The van der Waals surface area contributed by atoms with E-state index in [1.54, 1.807) is 36.4 Å². The summed E-state index contributed by atoms with van der Waals surface area (Å²) in [6.07, 6.45) is 0. The zero-order valence-electron chi connectivity index (χ0n) is 12.8. The van der Waals surface area contributed by atoms with E-state index >= 15 is 0 Å². The lowest BCUT2D eigenvalue weighted by molar-refractivity contribution is -0.123. The van der Waals surface area contributed by atoms with E-state index in [-0.39, 0.29) is 25.0 Å². The van der Waals surface area contributed by atoms with Crippen LogP contribution in [0.15, 0.2) is 41.0 Å². The van der Waals surface area contributed by atoms with E-state index in [0.717, 1.165) is 0 Å². The van der Waals surface area contributed by atoms with Crippen LogP contribution in [0.4, 0.5) is 11.5 Å². The molecule has 1 aliphatic rings. The minimum atomic E-state index is -0.359. The third kappa shape index (κ3) is 3.33. The molecule has 8 heteroatoms. The average molecular weight is 392 g/mol. The van der Waals surface area contributed by atoms with Crippen molar-refractivity contribution in [3.8, 4) is 11.5 Å². The molecular formula is C16H14BrN3O4. The van der Waals surface area contributed by atoms with Gasteiger partial charge >= 0.3 is 0 Å². The van der Waals surface area contributed by atoms with E-state index in [4.69, 9.17) is 9.47 Å². The number of carbonyl (C=O) groups excluding carboxylic acids is 2. The standard InChI is InChI=1S/C16H14BrN3O4/c1-23-11-5-3-2-4-10(11)18-14(21)8-20-15(22)9-24-12-6-7-13(17)19-16(12)20/h2-7H,8-9H2,1H3,(H,18,21). The summed E-state index contributed by atoms with van der Waals surface area (Å²) in [5.74, 6) is 0.630. The summed E-state index contributed by atoms with van der Waals surface area (Å²) in [6, 6.07) is 10.5. The maximum absolute atomic E-state index is 12.3. The monoisotopic (exact) mass is 391 g/mol. The molecule has 7 nitrogen and oxygen atoms in total. The first kappa shape index (κ1) is 16.3. The average Bonchev–Trinajstić information content (AvgIpc) is 2.58. The van der Waals surface area contributed by atoms with Gasteiger partial charge < -0.3 is 14.8 Å². The number of nitrogens with zero attached hydrogens (tertiary/aromatic N) is 2. The van der Waals surface area contributed by atoms with Gasteiger partial charge in [0.15, 0.2) is 18.2 Å². The van der Waals surface area contributed by atoms with Crippen molar-refractivity contribution in [2.75, 3.05) is 30.5 Å². The highest BCUT2D eigenvalue weighted by molar-refractivity contribution is 9.10. The summed E-state index contributed by atoms with van der Waals surface area (Å²) in [4.78, 5) is 30.0. The Bertz CT molecular complexity index is 797. The second kappa shape index (κ2) is 6.88. The number of nitrogens with one attached hydrogen (secondary N) is 1. The van der Waals surface area contributed by atoms with Gasteiger partial charge in [0.05, 0.1) is 12.8 Å². The number of methoxy groups -OCH3 is 1. The van der Waals surface area contributed by atoms with Crippen molar-refractivity contribution in [1.29, 1.82) is 0 Å². The van der Waals surface area contributed by atoms with E-state index < -0.39 is 0 Å². The van der Waals surface area contributed by atoms with E-state index in [9.17, 15) is 9.59 Å². The predicted molar refractivity (Wildman–Crippen MR) is 91.4 cm³/mol. The number of ether oxygens (including phenoxy) is 2. The number of rotatable bonds is 4. The van der Waals surface area contributed by atoms with Crippen molar-refractivity contribution in [1.82, 2.24) is 4.98 Å². The topological polar surface area (TPSA) is 80.8 Å². The molecule has 0 spiro atoms. The fraction of sp³-hybridized carbons (Fsp3) is 0.188. The Morgan fingerprint density at radius 1 is 1.38 bits per heavy atom. The summed E-state index contributed by atoms with van der Waals surface area (Å²) in [6.45, 7) is -0.297. The molecule has 0 atom stereocenters. The van der Waals surface area contributed by atoms with Gasteiger partial charge in [0.2, 0.25) is 5.91 Å². The number of para-hydroxylation sites is 2. The molecule has 0 saturated carbocycles. The largest absolute Gasteiger partial charge is 0.495 e. The first-order valence-electron chi connectivity index (χ1n) is 7.11. The molecule has 1 aromatic carbocycles. The Morgan fingerprint density at radius 3 is 2.96 bits per heavy atom. The molecule has 1 N–H and O–H groups in total. The zero-order chi connectivity index (χ0) is 17.1. The maximum atomic E-state index is 12.3. The molecule has 0 unspecified atom stereocenters. The summed E-state index contributed by atoms with van der Waals surface area (Å²) in [5, 5.41) is 2.74. The van der Waals surface area contributed by atoms with Gasteiger partial charge in [-0.25, -0.2) is 4.98 Å². The van der Waals surface area contributed by atoms with Gasteiger partial charge in [0.1, 0.15) is 16.9 Å². The lowest BCUT2D eigenvalue weighted by Crippen LogP contribution is -2.44. The summed E-state index contributed by atoms with van der Waals surface area (Å²) in [7, 11) is 1.52. The lowest BCUT2D eigenvalue weighted by Gasteiger charge is -2.27. The van der Waals surface area contributed by atoms with Crippen molar-refractivity contribution < 1.29 is 19.1 Å². The number of halogens is 1. The minimum Gasteiger partial charge on any atom is -0.495 e. The molecule has 2 aromatic rings. The van der Waals surface area contributed by atoms with E-state index in [0.29, 0.717) is 27.6 Å². The SMILES string of the molecule is COc1ccccc1NC(=O)CN1C(=O)COc2ccc(Br)nc21. The molecule has 2 amide bonds. The lowest BCUT2D eigenvalue weighted by atomic mass is 10.3. The first-order valence-corrected chi connectivity index (χ1v) is 7.90. The molecule has 0 aliphatic carbocycles. The smallest absolute Gasteiger partial charge is 0.266 e. The number of carbonyl (C=O) groups is 2. The number of pyridine rings is 1. The number of hydrogen-bond acceptors (Lipinski definition) is 5. The molecule has 0 radical (unpaired) electrons. The van der Waals surface area contributed by atoms with Crippen LogP contribution in [0, 0.1) is 0 Å². The van der Waals surface area contributed by atoms with Crippen LogP contribution in [0.3, 0.4) is 0 Å². The first-order chi connectivity index (χ1) is 11.6. The normalized spacial score (nSPS) is 13.1. The molecule has 0 bridgehead atoms. The van der Waals surface area contributed by atoms with E-state index in [1.165, 1.54) is 12.0 Å². The highest BCUT2D eigenvalue weighted by atomic mass is 79.9. The van der Waals surface area contributed by atoms with Crippen molar-refractivity contribution in [2.45, 2.75) is 0 Å². The van der Waals surface area contributed by atoms with Crippen LogP contribution in [0.25, 0.3) is 0 Å². The van der Waals surface area contributed by atoms with Crippen LogP contribution in [0.2, 0.25) is 0 Å². The second-order valence-electron chi connectivity index (χ2n) is 4.97. The Morgan fingerprint density at radius 2 is 2.17 bits per heavy atom. The molecule has 0 saturated heterocycles. The number of amides is 2. The highest BCUT2D eigenvalue weighted by Crippen LogP contribution is 2.31. The van der Waals surface area contributed by atoms with Crippen molar-refractivity contribution in [2.24, 2.45) is 0 Å². The Balaban J connectivity index is 1.79. The summed E-state index contributed by atoms with van der Waals surface area (Å²) >= 11 is 3.25. The molecule has 1 aliphatic heterocycles. The molecule has 2 heterocycles. The third-order valence-electron chi connectivity index (χ3n) is 3.40. The van der Waals surface area contributed by atoms with Gasteiger partial charge in [-0.15, -0.1) is 0 Å². The summed E-state index contributed by atoms with van der Waals surface area (Å²) in [5.41, 5.74) is 0.535. The minimum absolute atomic E-state index is 0.127. The number of fused-ring (bicyclic) bond motifs is 1. The number of benzene rings is 1. The van der Waals surface area contributed by atoms with E-state index in [1.807, 2.05) is 0 Å². The van der Waals surface area contributed by atoms with Gasteiger partial charge in [-0.1, -0.05) is 12.1 Å². The van der Waals surface area contributed by atoms with Crippen LogP contribution in [0.5, 0.6) is 11.5 Å². The quantitative estimate of drug-likeness (QED) is 0.808. The van der Waals surface area contributed by atoms with Crippen molar-refractivity contribution >= 4 is 39.2 Å². The van der Waals surface area contributed by atoms with Crippen LogP contribution < -0.4 is 19.7 Å². The van der Waals surface area contributed by atoms with Crippen molar-refractivity contribution in [3.63, 3.8) is 0 Å². The maximum Gasteiger partial charge on any atom is 0.266 e. The fourth-order valence-electron chi connectivity index (χ4n) is 2.30. The van der Waals surface area contributed by atoms with Gasteiger partial charge in [0, 0.05) is 0 Å². The van der Waals surface area contributed by atoms with E-state index in [2.05, 4.69) is 26.2 Å². The van der Waals surface area contributed by atoms with Crippen LogP contribution in [-0.2, 0) is 9.59 Å². The molecule has 0 fully saturated rings. The zero-order valence-corrected chi connectivity index (χ0v) is 14.4. The fourth-order valence-corrected chi connectivity index (χ4v) is 2.60. The Kier molecular flexibility index (Phi) is 4.66. The Labute approximate surface area is 146 Å². The van der Waals surface area contributed by atoms with Gasteiger partial charge in [-0.2, -0.15) is 0 Å². The van der Waals surface area contributed by atoms with Gasteiger partial charge in [0.25, 0.3) is 5.91 Å². The predicted octanol–water partition coefficient (Wildman–Crippen LogP) is 2.22. The number of hydrogen-bond donors (Lipinski definition) is 1.